The second-order valence-electron chi connectivity index (χ2n) is 9.29. The van der Waals surface area contributed by atoms with Crippen LogP contribution >= 0.6 is 0 Å². The SMILES string of the molecule is O=C(O)C(=O)C1(C(=O)O)C(c2ccc(C3N(c4ccccc4)C3(C(=O)O)C(=O)C(=O)O)cc2)N1c1ccccc1. The van der Waals surface area contributed by atoms with Crippen LogP contribution in [0.5, 0.6) is 0 Å². The highest BCUT2D eigenvalue weighted by molar-refractivity contribution is 6.45. The van der Waals surface area contributed by atoms with Crippen molar-refractivity contribution in [1.29, 1.82) is 0 Å². The number of carbonyl (C=O) groups excluding carboxylic acids is 2. The van der Waals surface area contributed by atoms with Gasteiger partial charge in [0, 0.05) is 11.4 Å². The van der Waals surface area contributed by atoms with E-state index >= 15 is 0 Å². The van der Waals surface area contributed by atoms with Crippen molar-refractivity contribution >= 4 is 46.8 Å². The molecular formula is C28H20N2O10. The van der Waals surface area contributed by atoms with Crippen LogP contribution in [0.15, 0.2) is 84.9 Å². The zero-order valence-electron chi connectivity index (χ0n) is 20.4. The number of nitrogens with zero attached hydrogens (tertiary/aromatic N) is 2. The molecule has 0 bridgehead atoms. The third-order valence-corrected chi connectivity index (χ3v) is 7.30. The molecule has 3 aromatic rings. The molecule has 4 unspecified atom stereocenters. The molecule has 5 rings (SSSR count). The quantitative estimate of drug-likeness (QED) is 0.165. The molecule has 0 aromatic heterocycles. The zero-order chi connectivity index (χ0) is 29.0. The molecule has 4 atom stereocenters. The van der Waals surface area contributed by atoms with Crippen molar-refractivity contribution in [1.82, 2.24) is 0 Å². The lowest BCUT2D eigenvalue weighted by atomic mass is 9.92. The summed E-state index contributed by atoms with van der Waals surface area (Å²) in [5, 5.41) is 39.0. The van der Waals surface area contributed by atoms with E-state index in [9.17, 15) is 49.2 Å². The Labute approximate surface area is 225 Å². The van der Waals surface area contributed by atoms with E-state index in [2.05, 4.69) is 0 Å². The summed E-state index contributed by atoms with van der Waals surface area (Å²) in [6.07, 6.45) is 0. The second kappa shape index (κ2) is 9.05. The lowest BCUT2D eigenvalue weighted by molar-refractivity contribution is -0.155. The van der Waals surface area contributed by atoms with Crippen molar-refractivity contribution in [3.8, 4) is 0 Å². The molecule has 2 aliphatic rings. The minimum absolute atomic E-state index is 0.238. The van der Waals surface area contributed by atoms with E-state index in [1.807, 2.05) is 0 Å². The molecule has 0 amide bonds. The molecule has 12 nitrogen and oxygen atoms in total. The van der Waals surface area contributed by atoms with Crippen molar-refractivity contribution in [2.75, 3.05) is 9.80 Å². The maximum absolute atomic E-state index is 12.7. The van der Waals surface area contributed by atoms with Gasteiger partial charge in [-0.1, -0.05) is 60.7 Å². The molecule has 0 spiro atoms. The van der Waals surface area contributed by atoms with Crippen LogP contribution in [0.1, 0.15) is 23.2 Å². The number of ketones is 2. The summed E-state index contributed by atoms with van der Waals surface area (Å²) in [7, 11) is 0. The number of carboxylic acid groups (broad SMARTS) is 4. The Kier molecular flexibility index (Phi) is 5.90. The summed E-state index contributed by atoms with van der Waals surface area (Å²) in [5.41, 5.74) is -3.78. The van der Waals surface area contributed by atoms with Crippen molar-refractivity contribution in [3.05, 3.63) is 96.1 Å². The van der Waals surface area contributed by atoms with Crippen LogP contribution in [0.4, 0.5) is 11.4 Å². The van der Waals surface area contributed by atoms with Gasteiger partial charge in [-0.2, -0.15) is 0 Å². The van der Waals surface area contributed by atoms with Gasteiger partial charge in [0.25, 0.3) is 11.6 Å². The van der Waals surface area contributed by atoms with Gasteiger partial charge in [0.1, 0.15) is 0 Å². The number of carboxylic acids is 4. The third kappa shape index (κ3) is 3.46. The van der Waals surface area contributed by atoms with E-state index in [0.29, 0.717) is 11.4 Å². The first kappa shape index (κ1) is 26.1. The number of benzene rings is 3. The molecule has 0 aliphatic carbocycles. The predicted octanol–water partition coefficient (Wildman–Crippen LogP) is 1.76. The van der Waals surface area contributed by atoms with E-state index in [1.165, 1.54) is 58.3 Å². The molecule has 0 radical (unpaired) electrons. The van der Waals surface area contributed by atoms with Gasteiger partial charge < -0.3 is 30.2 Å². The van der Waals surface area contributed by atoms with Gasteiger partial charge >= 0.3 is 23.9 Å². The highest BCUT2D eigenvalue weighted by atomic mass is 16.4. The van der Waals surface area contributed by atoms with Crippen molar-refractivity contribution in [3.63, 3.8) is 0 Å². The Morgan fingerprint density at radius 1 is 0.500 bits per heavy atom. The highest BCUT2D eigenvalue weighted by Crippen LogP contribution is 2.59. The predicted molar refractivity (Wildman–Crippen MR) is 136 cm³/mol. The molecule has 2 aliphatic heterocycles. The fourth-order valence-corrected chi connectivity index (χ4v) is 5.54. The standard InChI is InChI=1S/C28H20N2O10/c31-21(23(33)34)27(25(37)38)19(29(27)17-7-3-1-4-8-17)15-11-13-16(14-12-15)20-28(26(39)40,22(32)24(35)36)30(20)18-9-5-2-6-10-18/h1-14,19-20H,(H,33,34)(H,35,36)(H,37,38)(H,39,40). The monoisotopic (exact) mass is 544 g/mol. The van der Waals surface area contributed by atoms with E-state index < -0.39 is 58.6 Å². The van der Waals surface area contributed by atoms with Crippen molar-refractivity contribution in [2.45, 2.75) is 23.2 Å². The average molecular weight is 544 g/mol. The molecule has 3 aromatic carbocycles. The zero-order valence-corrected chi connectivity index (χ0v) is 20.4. The van der Waals surface area contributed by atoms with Gasteiger partial charge in [-0.3, -0.25) is 9.59 Å². The minimum Gasteiger partial charge on any atom is -0.479 e. The molecule has 12 heteroatoms. The van der Waals surface area contributed by atoms with Gasteiger partial charge in [-0.15, -0.1) is 0 Å². The summed E-state index contributed by atoms with van der Waals surface area (Å²) in [6.45, 7) is 0. The van der Waals surface area contributed by atoms with Crippen molar-refractivity contribution < 1.29 is 49.2 Å². The van der Waals surface area contributed by atoms with Crippen LogP contribution in [0.3, 0.4) is 0 Å². The molecule has 2 fully saturated rings. The Hall–Kier alpha value is -5.52. The summed E-state index contributed by atoms with van der Waals surface area (Å²) in [5.74, 6) is -10.2. The molecule has 40 heavy (non-hydrogen) atoms. The number of rotatable bonds is 10. The first-order valence-electron chi connectivity index (χ1n) is 11.8. The van der Waals surface area contributed by atoms with Crippen LogP contribution in [-0.4, -0.2) is 66.9 Å². The Bertz CT molecular complexity index is 1460. The van der Waals surface area contributed by atoms with Crippen LogP contribution in [0.25, 0.3) is 0 Å². The number of para-hydroxylation sites is 2. The van der Waals surface area contributed by atoms with E-state index in [0.717, 1.165) is 0 Å². The number of anilines is 2. The molecule has 2 heterocycles. The fourth-order valence-electron chi connectivity index (χ4n) is 5.54. The van der Waals surface area contributed by atoms with Gasteiger partial charge in [0.2, 0.25) is 11.1 Å². The molecule has 4 N–H and O–H groups in total. The number of hydrogen-bond donors (Lipinski definition) is 4. The number of hydrogen-bond acceptors (Lipinski definition) is 8. The van der Waals surface area contributed by atoms with Crippen LogP contribution < -0.4 is 9.80 Å². The smallest absolute Gasteiger partial charge is 0.375 e. The normalized spacial score (nSPS) is 24.6. The number of Topliss-reactive ketones (excluding diaryl/α,β-unsaturated/α-hetero) is 2. The third-order valence-electron chi connectivity index (χ3n) is 7.30. The molecular weight excluding hydrogens is 524 g/mol. The van der Waals surface area contributed by atoms with Gasteiger partial charge in [-0.25, -0.2) is 19.2 Å². The first-order chi connectivity index (χ1) is 19.0. The maximum Gasteiger partial charge on any atom is 0.375 e. The van der Waals surface area contributed by atoms with Gasteiger partial charge in [-0.05, 0) is 35.4 Å². The van der Waals surface area contributed by atoms with E-state index in [1.54, 1.807) is 36.4 Å². The summed E-state index contributed by atoms with van der Waals surface area (Å²) in [6, 6.07) is 19.0. The Morgan fingerprint density at radius 3 is 1.05 bits per heavy atom. The largest absolute Gasteiger partial charge is 0.479 e. The average Bonchev–Trinajstić information content (AvgIpc) is 3.84. The van der Waals surface area contributed by atoms with Crippen LogP contribution in [0.2, 0.25) is 0 Å². The molecule has 202 valence electrons. The Balaban J connectivity index is 1.58. The lowest BCUT2D eigenvalue weighted by Crippen LogP contribution is -2.43. The molecule has 2 saturated heterocycles. The lowest BCUT2D eigenvalue weighted by Gasteiger charge is -2.10. The van der Waals surface area contributed by atoms with E-state index in [4.69, 9.17) is 0 Å². The summed E-state index contributed by atoms with van der Waals surface area (Å²) in [4.78, 5) is 75.9. The summed E-state index contributed by atoms with van der Waals surface area (Å²) >= 11 is 0. The fraction of sp³-hybridized carbons (Fsp3) is 0.143. The maximum atomic E-state index is 12.7. The Morgan fingerprint density at radius 2 is 0.800 bits per heavy atom. The topological polar surface area (TPSA) is 189 Å². The van der Waals surface area contributed by atoms with Gasteiger partial charge in [0.05, 0.1) is 12.1 Å². The van der Waals surface area contributed by atoms with Crippen molar-refractivity contribution in [2.24, 2.45) is 0 Å². The van der Waals surface area contributed by atoms with Gasteiger partial charge in [0.15, 0.2) is 0 Å². The van der Waals surface area contributed by atoms with Crippen LogP contribution in [-0.2, 0) is 28.8 Å². The minimum atomic E-state index is -2.42. The highest BCUT2D eigenvalue weighted by Gasteiger charge is 2.77. The summed E-state index contributed by atoms with van der Waals surface area (Å²) < 4.78 is 0. The first-order valence-corrected chi connectivity index (χ1v) is 11.8. The molecule has 0 saturated carbocycles. The van der Waals surface area contributed by atoms with E-state index in [-0.39, 0.29) is 11.1 Å². The number of aliphatic carboxylic acids is 4. The number of carbonyl (C=O) groups is 6. The van der Waals surface area contributed by atoms with Crippen LogP contribution in [0, 0.1) is 0 Å². The second-order valence-corrected chi connectivity index (χ2v) is 9.29.